The van der Waals surface area contributed by atoms with Gasteiger partial charge in [-0.1, -0.05) is 34.1 Å². The lowest BCUT2D eigenvalue weighted by Crippen LogP contribution is -2.60. The van der Waals surface area contributed by atoms with Crippen LogP contribution in [0.2, 0.25) is 0 Å². The molecule has 3 heteroatoms. The van der Waals surface area contributed by atoms with Crippen LogP contribution in [0.4, 0.5) is 0 Å². The van der Waals surface area contributed by atoms with Crippen LogP contribution >= 0.6 is 11.8 Å². The van der Waals surface area contributed by atoms with Crippen LogP contribution in [0.25, 0.3) is 0 Å². The second kappa shape index (κ2) is 7.01. The van der Waals surface area contributed by atoms with Crippen LogP contribution in [-0.2, 0) is 0 Å². The van der Waals surface area contributed by atoms with Gasteiger partial charge in [0.2, 0.25) is 0 Å². The molecule has 1 rings (SSSR count). The molecule has 1 saturated heterocycles. The number of nitrogens with zero attached hydrogens (tertiary/aromatic N) is 1. The van der Waals surface area contributed by atoms with Crippen LogP contribution in [0.3, 0.4) is 0 Å². The van der Waals surface area contributed by atoms with Gasteiger partial charge in [-0.3, -0.25) is 4.90 Å². The molecule has 2 atom stereocenters. The Balaban J connectivity index is 2.59. The highest BCUT2D eigenvalue weighted by atomic mass is 32.2. The first-order chi connectivity index (χ1) is 7.99. The maximum absolute atomic E-state index is 3.73. The van der Waals surface area contributed by atoms with E-state index < -0.39 is 0 Å². The minimum Gasteiger partial charge on any atom is -0.311 e. The maximum Gasteiger partial charge on any atom is 0.0270 e. The molecule has 1 fully saturated rings. The summed E-state index contributed by atoms with van der Waals surface area (Å²) in [5.74, 6) is 1.26. The molecule has 1 N–H and O–H groups in total. The Kier molecular flexibility index (Phi) is 6.32. The minimum atomic E-state index is 0.378. The van der Waals surface area contributed by atoms with Crippen LogP contribution in [-0.4, -0.2) is 48.6 Å². The van der Waals surface area contributed by atoms with Crippen molar-refractivity contribution in [3.05, 3.63) is 0 Å². The number of piperazine rings is 1. The van der Waals surface area contributed by atoms with E-state index in [2.05, 4.69) is 44.2 Å². The summed E-state index contributed by atoms with van der Waals surface area (Å²) >= 11 is 1.96. The molecule has 0 radical (unpaired) electrons. The van der Waals surface area contributed by atoms with Crippen molar-refractivity contribution in [2.45, 2.75) is 52.6 Å². The molecule has 17 heavy (non-hydrogen) atoms. The van der Waals surface area contributed by atoms with Crippen molar-refractivity contribution in [2.75, 3.05) is 31.6 Å². The Morgan fingerprint density at radius 2 is 2.06 bits per heavy atom. The van der Waals surface area contributed by atoms with Gasteiger partial charge in [-0.2, -0.15) is 11.8 Å². The lowest BCUT2D eigenvalue weighted by Gasteiger charge is -2.46. The Hall–Kier alpha value is 0.270. The molecule has 1 aliphatic heterocycles. The fourth-order valence-corrected chi connectivity index (χ4v) is 3.15. The number of hydrogen-bond donors (Lipinski definition) is 1. The Labute approximate surface area is 112 Å². The van der Waals surface area contributed by atoms with Crippen molar-refractivity contribution in [1.29, 1.82) is 0 Å². The largest absolute Gasteiger partial charge is 0.311 e. The van der Waals surface area contributed by atoms with Gasteiger partial charge in [0.05, 0.1) is 0 Å². The molecule has 0 spiro atoms. The number of hydrogen-bond acceptors (Lipinski definition) is 3. The van der Waals surface area contributed by atoms with Crippen molar-refractivity contribution in [1.82, 2.24) is 10.2 Å². The van der Waals surface area contributed by atoms with Gasteiger partial charge in [0, 0.05) is 37.5 Å². The number of thioether (sulfide) groups is 1. The van der Waals surface area contributed by atoms with E-state index in [0.29, 0.717) is 17.5 Å². The third-order valence-electron chi connectivity index (χ3n) is 3.71. The van der Waals surface area contributed by atoms with Gasteiger partial charge >= 0.3 is 0 Å². The van der Waals surface area contributed by atoms with Gasteiger partial charge in [-0.15, -0.1) is 0 Å². The molecular formula is C14H30N2S. The predicted octanol–water partition coefficient (Wildman–Crippen LogP) is 2.84. The summed E-state index contributed by atoms with van der Waals surface area (Å²) in [4.78, 5) is 2.72. The van der Waals surface area contributed by atoms with Gasteiger partial charge in [0.1, 0.15) is 0 Å². The molecule has 102 valence electrons. The molecule has 0 aromatic heterocycles. The molecule has 1 aliphatic rings. The standard InChI is InChI=1S/C14H30N2S/c1-6-7-12-11-16(8-9-17-5)13(10-15-12)14(2,3)4/h12-13,15H,6-11H2,1-5H3. The SMILES string of the molecule is CCCC1CN(CCSC)C(C(C)(C)C)CN1. The third kappa shape index (κ3) is 4.80. The van der Waals surface area contributed by atoms with Crippen LogP contribution < -0.4 is 5.32 Å². The Morgan fingerprint density at radius 1 is 1.35 bits per heavy atom. The van der Waals surface area contributed by atoms with Crippen LogP contribution in [0.15, 0.2) is 0 Å². The summed E-state index contributed by atoms with van der Waals surface area (Å²) < 4.78 is 0. The monoisotopic (exact) mass is 258 g/mol. The van der Waals surface area contributed by atoms with Crippen LogP contribution in [0, 0.1) is 5.41 Å². The van der Waals surface area contributed by atoms with Gasteiger partial charge in [0.25, 0.3) is 0 Å². The second-order valence-corrected chi connectivity index (χ2v) is 7.25. The first kappa shape index (κ1) is 15.3. The molecule has 0 amide bonds. The van der Waals surface area contributed by atoms with Gasteiger partial charge in [0.15, 0.2) is 0 Å². The first-order valence-electron chi connectivity index (χ1n) is 6.95. The summed E-state index contributed by atoms with van der Waals surface area (Å²) in [6.07, 6.45) is 4.80. The molecule has 0 aromatic carbocycles. The van der Waals surface area contributed by atoms with Crippen molar-refractivity contribution in [3.63, 3.8) is 0 Å². The van der Waals surface area contributed by atoms with E-state index in [-0.39, 0.29) is 0 Å². The van der Waals surface area contributed by atoms with Crippen molar-refractivity contribution in [3.8, 4) is 0 Å². The zero-order chi connectivity index (χ0) is 12.9. The highest BCUT2D eigenvalue weighted by Gasteiger charge is 2.34. The summed E-state index contributed by atoms with van der Waals surface area (Å²) in [6, 6.07) is 1.39. The van der Waals surface area contributed by atoms with E-state index in [4.69, 9.17) is 0 Å². The van der Waals surface area contributed by atoms with E-state index in [1.165, 1.54) is 31.7 Å². The van der Waals surface area contributed by atoms with Crippen LogP contribution in [0.5, 0.6) is 0 Å². The molecule has 2 unspecified atom stereocenters. The normalized spacial score (nSPS) is 27.4. The fourth-order valence-electron chi connectivity index (χ4n) is 2.73. The molecule has 1 heterocycles. The smallest absolute Gasteiger partial charge is 0.0270 e. The first-order valence-corrected chi connectivity index (χ1v) is 8.34. The van der Waals surface area contributed by atoms with Crippen molar-refractivity contribution < 1.29 is 0 Å². The summed E-state index contributed by atoms with van der Waals surface area (Å²) in [6.45, 7) is 13.0. The second-order valence-electron chi connectivity index (χ2n) is 6.26. The van der Waals surface area contributed by atoms with E-state index in [9.17, 15) is 0 Å². The van der Waals surface area contributed by atoms with E-state index in [0.717, 1.165) is 6.54 Å². The van der Waals surface area contributed by atoms with Crippen LogP contribution in [0.1, 0.15) is 40.5 Å². The quantitative estimate of drug-likeness (QED) is 0.816. The van der Waals surface area contributed by atoms with Gasteiger partial charge in [-0.25, -0.2) is 0 Å². The molecule has 0 aliphatic carbocycles. The molecule has 2 nitrogen and oxygen atoms in total. The molecule has 0 bridgehead atoms. The van der Waals surface area contributed by atoms with Crippen molar-refractivity contribution >= 4 is 11.8 Å². The maximum atomic E-state index is 3.73. The zero-order valence-corrected chi connectivity index (χ0v) is 13.1. The van der Waals surface area contributed by atoms with Gasteiger partial charge in [-0.05, 0) is 18.1 Å². The lowest BCUT2D eigenvalue weighted by atomic mass is 9.83. The topological polar surface area (TPSA) is 15.3 Å². The fraction of sp³-hybridized carbons (Fsp3) is 1.00. The lowest BCUT2D eigenvalue weighted by molar-refractivity contribution is 0.0594. The molecule has 0 aromatic rings. The molecular weight excluding hydrogens is 228 g/mol. The van der Waals surface area contributed by atoms with E-state index in [1.54, 1.807) is 0 Å². The zero-order valence-electron chi connectivity index (χ0n) is 12.3. The van der Waals surface area contributed by atoms with Crippen molar-refractivity contribution in [2.24, 2.45) is 5.41 Å². The number of nitrogens with one attached hydrogen (secondary N) is 1. The minimum absolute atomic E-state index is 0.378. The third-order valence-corrected chi connectivity index (χ3v) is 4.31. The highest BCUT2D eigenvalue weighted by molar-refractivity contribution is 7.98. The highest BCUT2D eigenvalue weighted by Crippen LogP contribution is 2.27. The summed E-state index contributed by atoms with van der Waals surface area (Å²) in [5.41, 5.74) is 0.378. The number of rotatable bonds is 5. The predicted molar refractivity (Wildman–Crippen MR) is 79.9 cm³/mol. The molecule has 0 saturated carbocycles. The average molecular weight is 258 g/mol. The average Bonchev–Trinajstić information content (AvgIpc) is 2.25. The Morgan fingerprint density at radius 3 is 2.59 bits per heavy atom. The summed E-state index contributed by atoms with van der Waals surface area (Å²) in [5, 5.41) is 3.73. The van der Waals surface area contributed by atoms with Gasteiger partial charge < -0.3 is 5.32 Å². The van der Waals surface area contributed by atoms with E-state index in [1.807, 2.05) is 11.8 Å². The summed E-state index contributed by atoms with van der Waals surface area (Å²) in [7, 11) is 0. The Bertz CT molecular complexity index is 213. The van der Waals surface area contributed by atoms with E-state index >= 15 is 0 Å².